The Morgan fingerprint density at radius 3 is 2.69 bits per heavy atom. The second-order valence-electron chi connectivity index (χ2n) is 6.88. The van der Waals surface area contributed by atoms with Gasteiger partial charge in [-0.05, 0) is 12.1 Å². The number of aliphatic hydroxyl groups is 1. The lowest BCUT2D eigenvalue weighted by Gasteiger charge is -2.22. The normalized spacial score (nSPS) is 23.5. The highest BCUT2D eigenvalue weighted by molar-refractivity contribution is 7.46. The molecule has 3 heterocycles. The molecular weight excluding hydrogens is 447 g/mol. The number of fused-ring (bicyclic) bond motifs is 1. The zero-order chi connectivity index (χ0) is 23.0. The average Bonchev–Trinajstić information content (AvgIpc) is 3.29. The van der Waals surface area contributed by atoms with Crippen LogP contribution in [0.3, 0.4) is 0 Å². The van der Waals surface area contributed by atoms with Gasteiger partial charge >= 0.3 is 13.8 Å². The molecule has 1 aliphatic rings. The van der Waals surface area contributed by atoms with Crippen molar-refractivity contribution in [1.29, 1.82) is 0 Å². The van der Waals surface area contributed by atoms with Gasteiger partial charge < -0.3 is 35.8 Å². The first-order valence-corrected chi connectivity index (χ1v) is 10.7. The Bertz CT molecular complexity index is 1200. The van der Waals surface area contributed by atoms with Crippen LogP contribution in [0, 0.1) is 0 Å². The molecule has 14 nitrogen and oxygen atoms in total. The smallest absolute Gasteiger partial charge is 0.451 e. The van der Waals surface area contributed by atoms with Crippen molar-refractivity contribution >= 4 is 36.5 Å². The summed E-state index contributed by atoms with van der Waals surface area (Å²) in [4.78, 5) is 42.8. The van der Waals surface area contributed by atoms with Gasteiger partial charge in [-0.15, -0.1) is 0 Å². The van der Waals surface area contributed by atoms with Gasteiger partial charge in [0.05, 0.1) is 18.5 Å². The van der Waals surface area contributed by atoms with Crippen LogP contribution in [0.1, 0.15) is 16.6 Å². The molecule has 170 valence electrons. The van der Waals surface area contributed by atoms with Crippen LogP contribution in [0.5, 0.6) is 0 Å². The van der Waals surface area contributed by atoms with Gasteiger partial charge in [0, 0.05) is 5.69 Å². The van der Waals surface area contributed by atoms with Crippen LogP contribution >= 0.6 is 7.82 Å². The van der Waals surface area contributed by atoms with Crippen molar-refractivity contribution < 1.29 is 38.3 Å². The Hall–Kier alpha value is -3.13. The molecule has 0 spiro atoms. The summed E-state index contributed by atoms with van der Waals surface area (Å²) in [7, 11) is -4.84. The van der Waals surface area contributed by atoms with Crippen molar-refractivity contribution in [3.63, 3.8) is 0 Å². The van der Waals surface area contributed by atoms with E-state index in [0.717, 1.165) is 0 Å². The quantitative estimate of drug-likeness (QED) is 0.177. The number of nitrogens with zero attached hydrogens (tertiary/aromatic N) is 4. The van der Waals surface area contributed by atoms with Crippen LogP contribution in [0.4, 0.5) is 11.5 Å². The van der Waals surface area contributed by atoms with Gasteiger partial charge in [0.2, 0.25) is 0 Å². The molecule has 1 aliphatic heterocycles. The molecule has 4 atom stereocenters. The second kappa shape index (κ2) is 8.43. The molecule has 1 fully saturated rings. The first-order chi connectivity index (χ1) is 15.2. The molecule has 0 radical (unpaired) electrons. The largest absolute Gasteiger partial charge is 0.469 e. The number of phosphoric ester groups is 1. The van der Waals surface area contributed by atoms with Crippen LogP contribution in [-0.2, 0) is 18.6 Å². The number of para-hydroxylation sites is 1. The zero-order valence-electron chi connectivity index (χ0n) is 16.3. The lowest BCUT2D eigenvalue weighted by molar-refractivity contribution is -0.0558. The summed E-state index contributed by atoms with van der Waals surface area (Å²) in [5, 5.41) is 10.7. The van der Waals surface area contributed by atoms with Gasteiger partial charge in [-0.25, -0.2) is 24.3 Å². The van der Waals surface area contributed by atoms with E-state index < -0.39 is 44.9 Å². The Morgan fingerprint density at radius 1 is 1.22 bits per heavy atom. The first-order valence-electron chi connectivity index (χ1n) is 9.18. The topological polar surface area (TPSA) is 218 Å². The third kappa shape index (κ3) is 4.27. The molecular formula is C17H19N6O8P. The van der Waals surface area contributed by atoms with E-state index in [2.05, 4.69) is 19.5 Å². The van der Waals surface area contributed by atoms with E-state index in [1.165, 1.54) is 29.4 Å². The number of imidazole rings is 1. The van der Waals surface area contributed by atoms with Crippen molar-refractivity contribution in [1.82, 2.24) is 19.5 Å². The summed E-state index contributed by atoms with van der Waals surface area (Å²) < 4.78 is 28.2. The van der Waals surface area contributed by atoms with Gasteiger partial charge in [-0.3, -0.25) is 9.09 Å². The minimum absolute atomic E-state index is 0.0652. The molecule has 1 saturated heterocycles. The lowest BCUT2D eigenvalue weighted by atomic mass is 10.1. The zero-order valence-corrected chi connectivity index (χ0v) is 17.1. The van der Waals surface area contributed by atoms with E-state index in [9.17, 15) is 14.5 Å². The Labute approximate surface area is 180 Å². The number of aliphatic hydroxyl groups excluding tert-OH is 1. The van der Waals surface area contributed by atoms with Crippen LogP contribution < -0.4 is 11.5 Å². The number of hydrogen-bond acceptors (Lipinski definition) is 11. The predicted molar refractivity (Wildman–Crippen MR) is 108 cm³/mol. The molecule has 0 amide bonds. The van der Waals surface area contributed by atoms with E-state index in [4.69, 9.17) is 30.7 Å². The number of benzene rings is 1. The number of nitrogens with two attached hydrogens (primary N) is 2. The Balaban J connectivity index is 1.67. The third-order valence-electron chi connectivity index (χ3n) is 4.80. The summed E-state index contributed by atoms with van der Waals surface area (Å²) in [6.45, 7) is -0.673. The molecule has 0 bridgehead atoms. The summed E-state index contributed by atoms with van der Waals surface area (Å²) in [5.74, 6) is -0.741. The van der Waals surface area contributed by atoms with Crippen LogP contribution in [0.15, 0.2) is 36.9 Å². The molecule has 15 heteroatoms. The van der Waals surface area contributed by atoms with Gasteiger partial charge in [0.15, 0.2) is 23.8 Å². The van der Waals surface area contributed by atoms with Crippen LogP contribution in [0.25, 0.3) is 11.2 Å². The predicted octanol–water partition coefficient (Wildman–Crippen LogP) is -0.416. The number of esters is 1. The number of carbonyl (C=O) groups is 1. The molecule has 32 heavy (non-hydrogen) atoms. The van der Waals surface area contributed by atoms with Gasteiger partial charge in [-0.2, -0.15) is 0 Å². The monoisotopic (exact) mass is 466 g/mol. The molecule has 0 aliphatic carbocycles. The molecule has 7 N–H and O–H groups in total. The SMILES string of the molecule is Nc1ccccc1C(=O)OC1C(O)C(COP(=O)(O)O)OC1n1cnc2c(N)ncnc21. The van der Waals surface area contributed by atoms with Gasteiger partial charge in [0.1, 0.15) is 24.1 Å². The van der Waals surface area contributed by atoms with Gasteiger partial charge in [0.25, 0.3) is 0 Å². The maximum atomic E-state index is 12.7. The molecule has 2 aromatic heterocycles. The molecule has 3 aromatic rings. The lowest BCUT2D eigenvalue weighted by Crippen LogP contribution is -2.37. The number of carbonyl (C=O) groups excluding carboxylic acids is 1. The highest BCUT2D eigenvalue weighted by Gasteiger charge is 2.48. The van der Waals surface area contributed by atoms with Crippen molar-refractivity contribution in [2.24, 2.45) is 0 Å². The maximum absolute atomic E-state index is 12.7. The minimum atomic E-state index is -4.84. The Morgan fingerprint density at radius 2 is 1.97 bits per heavy atom. The molecule has 0 saturated carbocycles. The van der Waals surface area contributed by atoms with Crippen LogP contribution in [0.2, 0.25) is 0 Å². The maximum Gasteiger partial charge on any atom is 0.469 e. The fourth-order valence-electron chi connectivity index (χ4n) is 3.30. The molecule has 1 aromatic carbocycles. The minimum Gasteiger partial charge on any atom is -0.451 e. The van der Waals surface area contributed by atoms with E-state index in [1.54, 1.807) is 12.1 Å². The highest BCUT2D eigenvalue weighted by Crippen LogP contribution is 2.40. The standard InChI is InChI=1S/C17H19N6O8P/c18-9-4-2-1-3-8(9)17(25)31-13-12(24)10(5-29-32(26,27)28)30-16(13)23-7-22-11-14(19)20-6-21-15(11)23/h1-4,6-7,10,12-13,16,24H,5,18H2,(H2,19,20,21)(H2,26,27,28). The van der Waals surface area contributed by atoms with Gasteiger partial charge in [-0.1, -0.05) is 12.1 Å². The van der Waals surface area contributed by atoms with Crippen molar-refractivity contribution in [3.05, 3.63) is 42.5 Å². The van der Waals surface area contributed by atoms with E-state index in [0.29, 0.717) is 0 Å². The van der Waals surface area contributed by atoms with Crippen LogP contribution in [-0.4, -0.2) is 65.3 Å². The number of nitrogen functional groups attached to an aromatic ring is 2. The summed E-state index contributed by atoms with van der Waals surface area (Å²) >= 11 is 0. The van der Waals surface area contributed by atoms with Crippen molar-refractivity contribution in [3.8, 4) is 0 Å². The Kier molecular flexibility index (Phi) is 5.81. The van der Waals surface area contributed by atoms with Crippen molar-refractivity contribution in [2.75, 3.05) is 18.1 Å². The highest BCUT2D eigenvalue weighted by atomic mass is 31.2. The number of anilines is 2. The number of phosphoric acid groups is 1. The van der Waals surface area contributed by atoms with E-state index in [-0.39, 0.29) is 28.2 Å². The second-order valence-corrected chi connectivity index (χ2v) is 8.12. The van der Waals surface area contributed by atoms with Crippen molar-refractivity contribution in [2.45, 2.75) is 24.5 Å². The summed E-state index contributed by atoms with van der Waals surface area (Å²) in [5.41, 5.74) is 12.3. The van der Waals surface area contributed by atoms with E-state index >= 15 is 0 Å². The fraction of sp³-hybridized carbons (Fsp3) is 0.294. The fourth-order valence-corrected chi connectivity index (χ4v) is 3.64. The summed E-state index contributed by atoms with van der Waals surface area (Å²) in [6, 6.07) is 6.19. The number of ether oxygens (including phenoxy) is 2. The summed E-state index contributed by atoms with van der Waals surface area (Å²) in [6.07, 6.45) is -2.78. The number of hydrogen-bond donors (Lipinski definition) is 5. The third-order valence-corrected chi connectivity index (χ3v) is 5.29. The number of rotatable bonds is 6. The molecule has 4 unspecified atom stereocenters. The first kappa shape index (κ1) is 22.1. The number of aromatic nitrogens is 4. The molecule has 4 rings (SSSR count). The average molecular weight is 466 g/mol. The van der Waals surface area contributed by atoms with E-state index in [1.807, 2.05) is 0 Å².